The van der Waals surface area contributed by atoms with Crippen LogP contribution >= 0.6 is 0 Å². The standard InChI is InChI=1S/C23H25NO2.C11H14.C2H6.H2/c1-15-10-20-16(2)14-24-22(21(20)13-23(15)26-4)9-8-18-6-5-7-19(12-18)11-17(3)25;1-9-8-11(9,2)10-6-4-3-5-7-10;1-2;/h5-7,10,12-14H,8-9,11H2,1-4H3;3-7,9H,8H2,1-2H3;1-2H3;1H. The molecule has 1 fully saturated rings. The third-order valence-corrected chi connectivity index (χ3v) is 7.87. The molecule has 0 spiro atoms. The molecule has 1 aliphatic carbocycles. The van der Waals surface area contributed by atoms with Crippen molar-refractivity contribution in [2.24, 2.45) is 5.92 Å². The van der Waals surface area contributed by atoms with E-state index in [9.17, 15) is 4.79 Å². The number of Topliss-reactive ketones (excluding diaryl/α,β-unsaturated/α-hetero) is 1. The van der Waals surface area contributed by atoms with Crippen LogP contribution < -0.4 is 4.74 Å². The zero-order chi connectivity index (χ0) is 28.6. The Morgan fingerprint density at radius 2 is 1.62 bits per heavy atom. The van der Waals surface area contributed by atoms with E-state index in [0.29, 0.717) is 11.8 Å². The Hall–Kier alpha value is -3.46. The number of carbonyl (C=O) groups excluding carboxylic acids is 1. The molecule has 0 radical (unpaired) electrons. The number of benzene rings is 3. The molecule has 1 aromatic heterocycles. The monoisotopic (exact) mass is 525 g/mol. The fourth-order valence-corrected chi connectivity index (χ4v) is 5.23. The van der Waals surface area contributed by atoms with Gasteiger partial charge in [-0.3, -0.25) is 9.78 Å². The smallest absolute Gasteiger partial charge is 0.134 e. The molecular weight excluding hydrogens is 478 g/mol. The minimum Gasteiger partial charge on any atom is -0.496 e. The highest BCUT2D eigenvalue weighted by Crippen LogP contribution is 2.53. The van der Waals surface area contributed by atoms with Crippen LogP contribution in [0.25, 0.3) is 10.8 Å². The average molecular weight is 526 g/mol. The van der Waals surface area contributed by atoms with Crippen molar-refractivity contribution in [3.8, 4) is 5.75 Å². The van der Waals surface area contributed by atoms with E-state index in [1.54, 1.807) is 14.0 Å². The molecule has 39 heavy (non-hydrogen) atoms. The number of nitrogens with zero attached hydrogens (tertiary/aromatic N) is 1. The number of ketones is 1. The average Bonchev–Trinajstić information content (AvgIpc) is 3.57. The molecule has 3 heteroatoms. The van der Waals surface area contributed by atoms with Crippen LogP contribution in [-0.2, 0) is 29.5 Å². The van der Waals surface area contributed by atoms with E-state index in [0.717, 1.165) is 46.7 Å². The molecule has 3 aromatic carbocycles. The van der Waals surface area contributed by atoms with Crippen molar-refractivity contribution in [1.29, 1.82) is 0 Å². The lowest BCUT2D eigenvalue weighted by molar-refractivity contribution is -0.116. The van der Waals surface area contributed by atoms with Crippen molar-refractivity contribution in [3.05, 3.63) is 106 Å². The molecule has 5 rings (SSSR count). The van der Waals surface area contributed by atoms with Crippen LogP contribution in [0.2, 0.25) is 0 Å². The van der Waals surface area contributed by atoms with E-state index in [1.807, 2.05) is 32.2 Å². The molecule has 1 aliphatic rings. The number of methoxy groups -OCH3 is 1. The van der Waals surface area contributed by atoms with E-state index in [4.69, 9.17) is 4.74 Å². The van der Waals surface area contributed by atoms with Gasteiger partial charge in [0.15, 0.2) is 0 Å². The number of hydrogen-bond donors (Lipinski definition) is 0. The number of rotatable bonds is 7. The Balaban J connectivity index is 0.000000333. The van der Waals surface area contributed by atoms with Crippen molar-refractivity contribution >= 4 is 16.6 Å². The molecule has 0 saturated heterocycles. The lowest BCUT2D eigenvalue weighted by atomic mass is 9.96. The molecule has 2 atom stereocenters. The lowest BCUT2D eigenvalue weighted by Crippen LogP contribution is -2.01. The number of fused-ring (bicyclic) bond motifs is 1. The Labute approximate surface area is 237 Å². The van der Waals surface area contributed by atoms with Gasteiger partial charge in [0, 0.05) is 25.1 Å². The summed E-state index contributed by atoms with van der Waals surface area (Å²) in [5.74, 6) is 1.97. The number of ether oxygens (including phenoxy) is 1. The molecule has 1 heterocycles. The van der Waals surface area contributed by atoms with Crippen LogP contribution in [0.4, 0.5) is 0 Å². The van der Waals surface area contributed by atoms with Crippen LogP contribution in [-0.4, -0.2) is 17.9 Å². The van der Waals surface area contributed by atoms with Crippen molar-refractivity contribution in [2.75, 3.05) is 7.11 Å². The van der Waals surface area contributed by atoms with Gasteiger partial charge in [0.1, 0.15) is 11.5 Å². The third-order valence-electron chi connectivity index (χ3n) is 7.87. The second-order valence-corrected chi connectivity index (χ2v) is 10.8. The number of carbonyl (C=O) groups is 1. The van der Waals surface area contributed by atoms with Crippen LogP contribution in [0.3, 0.4) is 0 Å². The molecule has 3 nitrogen and oxygen atoms in total. The second kappa shape index (κ2) is 13.6. The van der Waals surface area contributed by atoms with Crippen LogP contribution in [0.15, 0.2) is 72.9 Å². The van der Waals surface area contributed by atoms with E-state index in [2.05, 4.69) is 87.3 Å². The van der Waals surface area contributed by atoms with E-state index < -0.39 is 0 Å². The zero-order valence-electron chi connectivity index (χ0n) is 25.1. The number of pyridine rings is 1. The quantitative estimate of drug-likeness (QED) is 0.242. The summed E-state index contributed by atoms with van der Waals surface area (Å²) in [4.78, 5) is 16.0. The first-order valence-corrected chi connectivity index (χ1v) is 14.3. The van der Waals surface area contributed by atoms with Gasteiger partial charge in [0.2, 0.25) is 0 Å². The van der Waals surface area contributed by atoms with Crippen molar-refractivity contribution in [1.82, 2.24) is 4.98 Å². The van der Waals surface area contributed by atoms with Gasteiger partial charge in [-0.2, -0.15) is 0 Å². The van der Waals surface area contributed by atoms with Crippen LogP contribution in [0, 0.1) is 19.8 Å². The van der Waals surface area contributed by atoms with Gasteiger partial charge < -0.3 is 4.74 Å². The van der Waals surface area contributed by atoms with E-state index in [-0.39, 0.29) is 7.21 Å². The summed E-state index contributed by atoms with van der Waals surface area (Å²) in [6.45, 7) is 14.5. The maximum Gasteiger partial charge on any atom is 0.134 e. The fraction of sp³-hybridized carbons (Fsp3) is 0.389. The van der Waals surface area contributed by atoms with Gasteiger partial charge in [-0.1, -0.05) is 82.3 Å². The van der Waals surface area contributed by atoms with Crippen molar-refractivity contribution in [3.63, 3.8) is 0 Å². The van der Waals surface area contributed by atoms with E-state index >= 15 is 0 Å². The summed E-state index contributed by atoms with van der Waals surface area (Å²) in [6.07, 6.45) is 5.56. The van der Waals surface area contributed by atoms with Crippen LogP contribution in [0.5, 0.6) is 5.75 Å². The first-order valence-electron chi connectivity index (χ1n) is 14.3. The topological polar surface area (TPSA) is 39.2 Å². The predicted octanol–water partition coefficient (Wildman–Crippen LogP) is 9.03. The normalized spacial score (nSPS) is 17.4. The Morgan fingerprint density at radius 3 is 2.23 bits per heavy atom. The Bertz CT molecular complexity index is 1400. The Morgan fingerprint density at radius 1 is 0.949 bits per heavy atom. The first kappa shape index (κ1) is 30.1. The predicted molar refractivity (Wildman–Crippen MR) is 167 cm³/mol. The maximum absolute atomic E-state index is 11.3. The SMILES string of the molecule is CC.CC1CC1(C)c1ccccc1.COc1cc2c(CCc3cccc(CC(C)=O)c3)ncc(C)c2cc1C.[HH]. The van der Waals surface area contributed by atoms with Crippen molar-refractivity contribution in [2.45, 2.75) is 79.6 Å². The van der Waals surface area contributed by atoms with Gasteiger partial charge in [0.05, 0.1) is 7.11 Å². The number of hydrogen-bond acceptors (Lipinski definition) is 3. The maximum atomic E-state index is 11.3. The molecule has 0 bridgehead atoms. The molecular formula is C36H47NO2. The van der Waals surface area contributed by atoms with Crippen molar-refractivity contribution < 1.29 is 11.0 Å². The molecule has 208 valence electrons. The van der Waals surface area contributed by atoms with Gasteiger partial charge in [-0.15, -0.1) is 0 Å². The summed E-state index contributed by atoms with van der Waals surface area (Å²) in [5.41, 5.74) is 7.72. The largest absolute Gasteiger partial charge is 0.496 e. The summed E-state index contributed by atoms with van der Waals surface area (Å²) in [5, 5.41) is 2.39. The van der Waals surface area contributed by atoms with E-state index in [1.165, 1.54) is 28.5 Å². The summed E-state index contributed by atoms with van der Waals surface area (Å²) < 4.78 is 5.50. The summed E-state index contributed by atoms with van der Waals surface area (Å²) in [7, 11) is 1.71. The Kier molecular flexibility index (Phi) is 10.5. The highest BCUT2D eigenvalue weighted by molar-refractivity contribution is 5.89. The molecule has 0 N–H and O–H groups in total. The highest BCUT2D eigenvalue weighted by Gasteiger charge is 2.47. The molecule has 0 amide bonds. The molecule has 1 saturated carbocycles. The minimum absolute atomic E-state index is 0. The number of aryl methyl sites for hydroxylation is 4. The zero-order valence-corrected chi connectivity index (χ0v) is 25.1. The third kappa shape index (κ3) is 7.56. The second-order valence-electron chi connectivity index (χ2n) is 10.8. The molecule has 4 aromatic rings. The summed E-state index contributed by atoms with van der Waals surface area (Å²) in [6, 6.07) is 23.4. The number of aromatic nitrogens is 1. The first-order chi connectivity index (χ1) is 18.7. The minimum atomic E-state index is 0. The van der Waals surface area contributed by atoms with Gasteiger partial charge in [-0.25, -0.2) is 0 Å². The molecule has 2 unspecified atom stereocenters. The van der Waals surface area contributed by atoms with Gasteiger partial charge in [0.25, 0.3) is 0 Å². The lowest BCUT2D eigenvalue weighted by Gasteiger charge is -2.12. The van der Waals surface area contributed by atoms with Gasteiger partial charge >= 0.3 is 0 Å². The molecule has 0 aliphatic heterocycles. The summed E-state index contributed by atoms with van der Waals surface area (Å²) >= 11 is 0. The van der Waals surface area contributed by atoms with Crippen LogP contribution in [0.1, 0.15) is 76.0 Å². The van der Waals surface area contributed by atoms with Gasteiger partial charge in [-0.05, 0) is 96.7 Å². The fourth-order valence-electron chi connectivity index (χ4n) is 5.23. The highest BCUT2D eigenvalue weighted by atomic mass is 16.5.